The number of rotatable bonds is 4. The standard InChI is InChI=1S/C11H17NO2/c1-2-3-5-8-12-11(13)10-7-4-6-9-14-10/h1,10H,3-9H2,(H,12,13). The van der Waals surface area contributed by atoms with Gasteiger partial charge in [0.2, 0.25) is 5.91 Å². The van der Waals surface area contributed by atoms with Gasteiger partial charge in [0.25, 0.3) is 0 Å². The first-order valence-electron chi connectivity index (χ1n) is 5.17. The third kappa shape index (κ3) is 3.80. The molecule has 1 unspecified atom stereocenters. The number of carbonyl (C=O) groups is 1. The number of carbonyl (C=O) groups excluding carboxylic acids is 1. The van der Waals surface area contributed by atoms with Crippen molar-refractivity contribution < 1.29 is 9.53 Å². The Hall–Kier alpha value is -1.01. The Bertz CT molecular complexity index is 214. The SMILES string of the molecule is C#CCCCNC(=O)C1CCCCO1. The van der Waals surface area contributed by atoms with Gasteiger partial charge >= 0.3 is 0 Å². The van der Waals surface area contributed by atoms with Crippen LogP contribution >= 0.6 is 0 Å². The minimum Gasteiger partial charge on any atom is -0.368 e. The number of amides is 1. The van der Waals surface area contributed by atoms with E-state index in [1.54, 1.807) is 0 Å². The molecule has 1 rings (SSSR count). The Morgan fingerprint density at radius 2 is 2.43 bits per heavy atom. The summed E-state index contributed by atoms with van der Waals surface area (Å²) in [5.41, 5.74) is 0. The number of nitrogens with one attached hydrogen (secondary N) is 1. The van der Waals surface area contributed by atoms with E-state index in [1.165, 1.54) is 0 Å². The molecule has 0 saturated carbocycles. The summed E-state index contributed by atoms with van der Waals surface area (Å²) in [5, 5.41) is 2.83. The summed E-state index contributed by atoms with van der Waals surface area (Å²) in [7, 11) is 0. The van der Waals surface area contributed by atoms with Crippen molar-refractivity contribution in [2.75, 3.05) is 13.2 Å². The van der Waals surface area contributed by atoms with Gasteiger partial charge in [0.1, 0.15) is 6.10 Å². The number of terminal acetylenes is 1. The van der Waals surface area contributed by atoms with Crippen LogP contribution in [0.15, 0.2) is 0 Å². The van der Waals surface area contributed by atoms with Gasteiger partial charge in [0.15, 0.2) is 0 Å². The molecule has 78 valence electrons. The number of ether oxygens (including phenoxy) is 1. The minimum absolute atomic E-state index is 0.0155. The maximum Gasteiger partial charge on any atom is 0.249 e. The predicted molar refractivity (Wildman–Crippen MR) is 54.7 cm³/mol. The van der Waals surface area contributed by atoms with E-state index in [0.29, 0.717) is 19.6 Å². The summed E-state index contributed by atoms with van der Waals surface area (Å²) in [6.45, 7) is 1.37. The Balaban J connectivity index is 2.11. The van der Waals surface area contributed by atoms with Crippen molar-refractivity contribution >= 4 is 5.91 Å². The van der Waals surface area contributed by atoms with Crippen LogP contribution in [0.1, 0.15) is 32.1 Å². The van der Waals surface area contributed by atoms with E-state index in [2.05, 4.69) is 11.2 Å². The van der Waals surface area contributed by atoms with E-state index in [1.807, 2.05) is 0 Å². The number of unbranched alkanes of at least 4 members (excludes halogenated alkanes) is 1. The van der Waals surface area contributed by atoms with E-state index in [-0.39, 0.29) is 12.0 Å². The van der Waals surface area contributed by atoms with Crippen molar-refractivity contribution in [3.8, 4) is 12.3 Å². The Morgan fingerprint density at radius 3 is 3.07 bits per heavy atom. The van der Waals surface area contributed by atoms with Gasteiger partial charge in [0.05, 0.1) is 0 Å². The van der Waals surface area contributed by atoms with Crippen LogP contribution in [0.25, 0.3) is 0 Å². The van der Waals surface area contributed by atoms with Gasteiger partial charge in [-0.2, -0.15) is 0 Å². The zero-order chi connectivity index (χ0) is 10.2. The average Bonchev–Trinajstić information content (AvgIpc) is 2.25. The highest BCUT2D eigenvalue weighted by Gasteiger charge is 2.20. The molecule has 0 aliphatic carbocycles. The third-order valence-electron chi connectivity index (χ3n) is 2.27. The van der Waals surface area contributed by atoms with E-state index < -0.39 is 0 Å². The molecule has 14 heavy (non-hydrogen) atoms. The lowest BCUT2D eigenvalue weighted by Gasteiger charge is -2.21. The molecule has 0 spiro atoms. The Morgan fingerprint density at radius 1 is 1.57 bits per heavy atom. The molecule has 3 nitrogen and oxygen atoms in total. The first kappa shape index (κ1) is 11.1. The molecule has 0 aromatic carbocycles. The van der Waals surface area contributed by atoms with Gasteiger partial charge < -0.3 is 10.1 Å². The van der Waals surface area contributed by atoms with Crippen molar-refractivity contribution in [3.05, 3.63) is 0 Å². The van der Waals surface area contributed by atoms with Gasteiger partial charge in [-0.05, 0) is 25.7 Å². The van der Waals surface area contributed by atoms with Crippen molar-refractivity contribution in [2.24, 2.45) is 0 Å². The Kier molecular flexibility index (Phi) is 5.09. The highest BCUT2D eigenvalue weighted by molar-refractivity contribution is 5.80. The molecule has 0 aromatic heterocycles. The molecule has 1 aliphatic heterocycles. The summed E-state index contributed by atoms with van der Waals surface area (Å²) >= 11 is 0. The second kappa shape index (κ2) is 6.44. The molecule has 0 radical (unpaired) electrons. The molecule has 0 aromatic rings. The Labute approximate surface area is 85.2 Å². The van der Waals surface area contributed by atoms with Crippen molar-refractivity contribution in [1.82, 2.24) is 5.32 Å². The van der Waals surface area contributed by atoms with E-state index in [9.17, 15) is 4.79 Å². The number of hydrogen-bond acceptors (Lipinski definition) is 2. The van der Waals surface area contributed by atoms with Crippen LogP contribution in [0.3, 0.4) is 0 Å². The highest BCUT2D eigenvalue weighted by Crippen LogP contribution is 2.12. The zero-order valence-corrected chi connectivity index (χ0v) is 8.42. The molecule has 1 heterocycles. The van der Waals surface area contributed by atoms with Crippen LogP contribution in [0, 0.1) is 12.3 Å². The van der Waals surface area contributed by atoms with Crippen LogP contribution in [-0.2, 0) is 9.53 Å². The largest absolute Gasteiger partial charge is 0.368 e. The van der Waals surface area contributed by atoms with Crippen molar-refractivity contribution in [3.63, 3.8) is 0 Å². The zero-order valence-electron chi connectivity index (χ0n) is 8.42. The molecule has 1 saturated heterocycles. The summed E-state index contributed by atoms with van der Waals surface area (Å²) in [4.78, 5) is 11.5. The molecule has 1 amide bonds. The van der Waals surface area contributed by atoms with Crippen LogP contribution in [0.4, 0.5) is 0 Å². The van der Waals surface area contributed by atoms with Crippen molar-refractivity contribution in [2.45, 2.75) is 38.2 Å². The quantitative estimate of drug-likeness (QED) is 0.538. The second-order valence-electron chi connectivity index (χ2n) is 3.45. The summed E-state index contributed by atoms with van der Waals surface area (Å²) in [6, 6.07) is 0. The molecule has 1 aliphatic rings. The van der Waals surface area contributed by atoms with E-state index >= 15 is 0 Å². The summed E-state index contributed by atoms with van der Waals surface area (Å²) in [5.74, 6) is 2.55. The monoisotopic (exact) mass is 195 g/mol. The summed E-state index contributed by atoms with van der Waals surface area (Å²) in [6.07, 6.45) is 9.43. The van der Waals surface area contributed by atoms with E-state index in [4.69, 9.17) is 11.2 Å². The normalized spacial score (nSPS) is 21.2. The topological polar surface area (TPSA) is 38.3 Å². The van der Waals surface area contributed by atoms with Gasteiger partial charge in [-0.1, -0.05) is 0 Å². The maximum absolute atomic E-state index is 11.5. The van der Waals surface area contributed by atoms with Crippen molar-refractivity contribution in [1.29, 1.82) is 0 Å². The van der Waals surface area contributed by atoms with Gasteiger partial charge in [0, 0.05) is 19.6 Å². The average molecular weight is 195 g/mol. The fourth-order valence-corrected chi connectivity index (χ4v) is 1.46. The molecular formula is C11H17NO2. The summed E-state index contributed by atoms with van der Waals surface area (Å²) < 4.78 is 5.34. The van der Waals surface area contributed by atoms with Gasteiger partial charge in [-0.15, -0.1) is 12.3 Å². The fraction of sp³-hybridized carbons (Fsp3) is 0.727. The fourth-order valence-electron chi connectivity index (χ4n) is 1.46. The lowest BCUT2D eigenvalue weighted by atomic mass is 10.1. The highest BCUT2D eigenvalue weighted by atomic mass is 16.5. The second-order valence-corrected chi connectivity index (χ2v) is 3.45. The van der Waals surface area contributed by atoms with E-state index in [0.717, 1.165) is 25.7 Å². The maximum atomic E-state index is 11.5. The number of hydrogen-bond donors (Lipinski definition) is 1. The minimum atomic E-state index is -0.227. The van der Waals surface area contributed by atoms with Gasteiger partial charge in [-0.3, -0.25) is 4.79 Å². The van der Waals surface area contributed by atoms with Gasteiger partial charge in [-0.25, -0.2) is 0 Å². The smallest absolute Gasteiger partial charge is 0.249 e. The third-order valence-corrected chi connectivity index (χ3v) is 2.27. The lowest BCUT2D eigenvalue weighted by molar-refractivity contribution is -0.135. The molecule has 1 N–H and O–H groups in total. The molecule has 1 atom stereocenters. The predicted octanol–water partition coefficient (Wildman–Crippen LogP) is 1.09. The molecule has 1 fully saturated rings. The van der Waals surface area contributed by atoms with Crippen LogP contribution in [0.5, 0.6) is 0 Å². The molecule has 0 bridgehead atoms. The van der Waals surface area contributed by atoms with Crippen LogP contribution in [0.2, 0.25) is 0 Å². The lowest BCUT2D eigenvalue weighted by Crippen LogP contribution is -2.38. The molecule has 3 heteroatoms. The first-order valence-corrected chi connectivity index (χ1v) is 5.17. The van der Waals surface area contributed by atoms with Crippen LogP contribution in [-0.4, -0.2) is 25.2 Å². The molecular weight excluding hydrogens is 178 g/mol. The van der Waals surface area contributed by atoms with Crippen LogP contribution < -0.4 is 5.32 Å². The first-order chi connectivity index (χ1) is 6.84.